The van der Waals surface area contributed by atoms with Gasteiger partial charge in [-0.15, -0.1) is 0 Å². The summed E-state index contributed by atoms with van der Waals surface area (Å²) in [4.78, 5) is 38.9. The number of H-pyrrole nitrogens is 1. The van der Waals surface area contributed by atoms with Gasteiger partial charge in [0.25, 0.3) is 5.91 Å². The molecule has 1 heterocycles. The van der Waals surface area contributed by atoms with Crippen molar-refractivity contribution in [1.82, 2.24) is 4.98 Å². The normalized spacial score (nSPS) is 10.3. The van der Waals surface area contributed by atoms with Gasteiger partial charge >= 0.3 is 11.9 Å². The van der Waals surface area contributed by atoms with Crippen LogP contribution in [0.25, 0.3) is 0 Å². The van der Waals surface area contributed by atoms with E-state index in [0.29, 0.717) is 22.5 Å². The van der Waals surface area contributed by atoms with Crippen LogP contribution in [0.5, 0.6) is 0 Å². The van der Waals surface area contributed by atoms with E-state index in [-0.39, 0.29) is 12.3 Å². The third kappa shape index (κ3) is 4.72. The van der Waals surface area contributed by atoms with E-state index < -0.39 is 24.5 Å². The molecule has 2 rings (SSSR count). The summed E-state index contributed by atoms with van der Waals surface area (Å²) in [7, 11) is 0. The Hall–Kier alpha value is -2.61. The minimum atomic E-state index is -0.716. The minimum absolute atomic E-state index is 0.127. The van der Waals surface area contributed by atoms with E-state index in [1.165, 1.54) is 0 Å². The Morgan fingerprint density at radius 3 is 2.35 bits per heavy atom. The lowest BCUT2D eigenvalue weighted by Crippen LogP contribution is -2.21. The monoisotopic (exact) mass is 422 g/mol. The molecule has 0 radical (unpaired) electrons. The zero-order valence-corrected chi connectivity index (χ0v) is 16.2. The summed E-state index contributed by atoms with van der Waals surface area (Å²) in [5.41, 5.74) is 1.96. The number of amides is 1. The molecule has 0 bridgehead atoms. The van der Waals surface area contributed by atoms with Crippen LogP contribution in [0.4, 0.5) is 5.69 Å². The number of hydrogen-bond donors (Lipinski definition) is 2. The van der Waals surface area contributed by atoms with Gasteiger partial charge in [-0.3, -0.25) is 4.79 Å². The van der Waals surface area contributed by atoms with Crippen molar-refractivity contribution in [3.05, 3.63) is 51.3 Å². The number of anilines is 1. The van der Waals surface area contributed by atoms with Crippen LogP contribution < -0.4 is 5.32 Å². The van der Waals surface area contributed by atoms with Gasteiger partial charge in [-0.1, -0.05) is 15.9 Å². The van der Waals surface area contributed by atoms with Crippen molar-refractivity contribution < 1.29 is 23.9 Å². The second-order valence-electron chi connectivity index (χ2n) is 5.48. The molecule has 26 heavy (non-hydrogen) atoms. The molecule has 0 unspecified atom stereocenters. The molecular formula is C18H19BrN2O5. The maximum atomic E-state index is 12.2. The van der Waals surface area contributed by atoms with Crippen LogP contribution >= 0.6 is 15.9 Å². The van der Waals surface area contributed by atoms with E-state index in [0.717, 1.165) is 4.47 Å². The summed E-state index contributed by atoms with van der Waals surface area (Å²) < 4.78 is 10.9. The number of benzene rings is 1. The highest BCUT2D eigenvalue weighted by molar-refractivity contribution is 9.10. The molecule has 2 N–H and O–H groups in total. The number of carbonyl (C=O) groups is 3. The summed E-state index contributed by atoms with van der Waals surface area (Å²) in [6.07, 6.45) is 0. The maximum absolute atomic E-state index is 12.2. The first-order chi connectivity index (χ1) is 12.3. The topological polar surface area (TPSA) is 97.5 Å². The lowest BCUT2D eigenvalue weighted by molar-refractivity contribution is -0.119. The van der Waals surface area contributed by atoms with Crippen molar-refractivity contribution >= 4 is 39.5 Å². The summed E-state index contributed by atoms with van der Waals surface area (Å²) >= 11 is 3.30. The molecular weight excluding hydrogens is 404 g/mol. The molecule has 8 heteroatoms. The highest BCUT2D eigenvalue weighted by atomic mass is 79.9. The number of nitrogens with one attached hydrogen (secondary N) is 2. The Kier molecular flexibility index (Phi) is 6.57. The smallest absolute Gasteiger partial charge is 0.355 e. The summed E-state index contributed by atoms with van der Waals surface area (Å²) in [5, 5.41) is 2.62. The Morgan fingerprint density at radius 2 is 1.73 bits per heavy atom. The number of aryl methyl sites for hydroxylation is 1. The van der Waals surface area contributed by atoms with Crippen LogP contribution in [0, 0.1) is 13.8 Å². The third-order valence-corrected chi connectivity index (χ3v) is 4.11. The zero-order chi connectivity index (χ0) is 19.3. The Morgan fingerprint density at radius 1 is 1.08 bits per heavy atom. The summed E-state index contributed by atoms with van der Waals surface area (Å²) in [6, 6.07) is 7.00. The number of rotatable bonds is 6. The van der Waals surface area contributed by atoms with Crippen molar-refractivity contribution in [2.24, 2.45) is 0 Å². The quantitative estimate of drug-likeness (QED) is 0.695. The molecule has 0 fully saturated rings. The van der Waals surface area contributed by atoms with Gasteiger partial charge in [-0.25, -0.2) is 9.59 Å². The molecule has 0 saturated heterocycles. The molecule has 1 aromatic heterocycles. The van der Waals surface area contributed by atoms with Crippen molar-refractivity contribution in [3.63, 3.8) is 0 Å². The van der Waals surface area contributed by atoms with E-state index in [1.807, 2.05) is 0 Å². The molecule has 0 aliphatic rings. The number of aromatic amines is 1. The fraction of sp³-hybridized carbons (Fsp3) is 0.278. The molecule has 0 spiro atoms. The molecule has 1 amide bonds. The second kappa shape index (κ2) is 8.66. The van der Waals surface area contributed by atoms with Crippen LogP contribution in [0.2, 0.25) is 0 Å². The van der Waals surface area contributed by atoms with Crippen LogP contribution in [0.1, 0.15) is 39.0 Å². The fourth-order valence-corrected chi connectivity index (χ4v) is 2.66. The van der Waals surface area contributed by atoms with Gasteiger partial charge in [-0.05, 0) is 50.6 Å². The molecule has 0 saturated carbocycles. The van der Waals surface area contributed by atoms with Gasteiger partial charge in [0, 0.05) is 15.9 Å². The van der Waals surface area contributed by atoms with Crippen LogP contribution in [-0.2, 0) is 14.3 Å². The predicted molar refractivity (Wildman–Crippen MR) is 99.3 cm³/mol. The van der Waals surface area contributed by atoms with E-state index in [4.69, 9.17) is 9.47 Å². The first kappa shape index (κ1) is 19.7. The fourth-order valence-electron chi connectivity index (χ4n) is 2.40. The van der Waals surface area contributed by atoms with Crippen molar-refractivity contribution in [1.29, 1.82) is 0 Å². The first-order valence-corrected chi connectivity index (χ1v) is 8.71. The highest BCUT2D eigenvalue weighted by Crippen LogP contribution is 2.20. The molecule has 2 aromatic rings. The maximum Gasteiger partial charge on any atom is 0.355 e. The van der Waals surface area contributed by atoms with Gasteiger partial charge in [0.05, 0.1) is 12.2 Å². The minimum Gasteiger partial charge on any atom is -0.462 e. The van der Waals surface area contributed by atoms with Gasteiger partial charge in [0.2, 0.25) is 0 Å². The average molecular weight is 423 g/mol. The van der Waals surface area contributed by atoms with Gasteiger partial charge in [0.1, 0.15) is 5.69 Å². The molecule has 0 aliphatic carbocycles. The number of esters is 2. The van der Waals surface area contributed by atoms with E-state index in [9.17, 15) is 14.4 Å². The molecule has 7 nitrogen and oxygen atoms in total. The third-order valence-electron chi connectivity index (χ3n) is 3.58. The van der Waals surface area contributed by atoms with Crippen molar-refractivity contribution in [3.8, 4) is 0 Å². The first-order valence-electron chi connectivity index (χ1n) is 7.92. The van der Waals surface area contributed by atoms with Crippen molar-refractivity contribution in [2.45, 2.75) is 20.8 Å². The van der Waals surface area contributed by atoms with E-state index in [1.54, 1.807) is 45.0 Å². The summed E-state index contributed by atoms with van der Waals surface area (Å²) in [5.74, 6) is -1.69. The average Bonchev–Trinajstić information content (AvgIpc) is 2.89. The van der Waals surface area contributed by atoms with Crippen LogP contribution in [-0.4, -0.2) is 36.0 Å². The molecule has 0 atom stereocenters. The summed E-state index contributed by atoms with van der Waals surface area (Å²) in [6.45, 7) is 4.78. The van der Waals surface area contributed by atoms with Crippen molar-refractivity contribution in [2.75, 3.05) is 18.5 Å². The van der Waals surface area contributed by atoms with E-state index >= 15 is 0 Å². The van der Waals surface area contributed by atoms with Gasteiger partial charge in [0.15, 0.2) is 6.61 Å². The number of ether oxygens (including phenoxy) is 2. The lowest BCUT2D eigenvalue weighted by atomic mass is 10.1. The van der Waals surface area contributed by atoms with Crippen LogP contribution in [0.3, 0.4) is 0 Å². The predicted octanol–water partition coefficient (Wildman–Crippen LogP) is 3.37. The Balaban J connectivity index is 1.99. The number of carbonyl (C=O) groups excluding carboxylic acids is 3. The SMILES string of the molecule is CCOC(=O)c1c(C)[nH]c(C(=O)OCC(=O)Nc2ccc(Br)cc2)c1C. The largest absolute Gasteiger partial charge is 0.462 e. The van der Waals surface area contributed by atoms with Gasteiger partial charge < -0.3 is 19.8 Å². The number of halogens is 1. The second-order valence-corrected chi connectivity index (χ2v) is 6.39. The number of aromatic nitrogens is 1. The zero-order valence-electron chi connectivity index (χ0n) is 14.6. The Labute approximate surface area is 159 Å². The molecule has 138 valence electrons. The molecule has 1 aromatic carbocycles. The lowest BCUT2D eigenvalue weighted by Gasteiger charge is -2.07. The van der Waals surface area contributed by atoms with Crippen LogP contribution in [0.15, 0.2) is 28.7 Å². The number of hydrogen-bond acceptors (Lipinski definition) is 5. The Bertz CT molecular complexity index is 827. The molecule has 0 aliphatic heterocycles. The standard InChI is InChI=1S/C18H19BrN2O5/c1-4-25-17(23)15-10(2)16(20-11(15)3)18(24)26-9-14(22)21-13-7-5-12(19)6-8-13/h5-8,20H,4,9H2,1-3H3,(H,21,22). The highest BCUT2D eigenvalue weighted by Gasteiger charge is 2.24. The van der Waals surface area contributed by atoms with Gasteiger partial charge in [-0.2, -0.15) is 0 Å². The van der Waals surface area contributed by atoms with E-state index in [2.05, 4.69) is 26.2 Å².